The summed E-state index contributed by atoms with van der Waals surface area (Å²) in [7, 11) is 1.80. The predicted octanol–water partition coefficient (Wildman–Crippen LogP) is 5.01. The predicted molar refractivity (Wildman–Crippen MR) is 122 cm³/mol. The quantitative estimate of drug-likeness (QED) is 0.498. The largest absolute Gasteiger partial charge is 0.490 e. The van der Waals surface area contributed by atoms with E-state index < -0.39 is 28.9 Å². The molecule has 2 bridgehead atoms. The van der Waals surface area contributed by atoms with Crippen molar-refractivity contribution in [3.8, 4) is 16.9 Å². The molecule has 3 aliphatic carbocycles. The molecule has 2 aromatic carbocycles. The Hall–Kier alpha value is -3.62. The second-order valence-electron chi connectivity index (χ2n) is 10.0. The molecular weight excluding hydrogens is 457 g/mol. The summed E-state index contributed by atoms with van der Waals surface area (Å²) < 4.78 is 49.5. The van der Waals surface area contributed by atoms with Crippen molar-refractivity contribution in [2.24, 2.45) is 23.0 Å². The molecule has 9 heteroatoms. The van der Waals surface area contributed by atoms with Gasteiger partial charge in [-0.05, 0) is 54.7 Å². The van der Waals surface area contributed by atoms with Crippen molar-refractivity contribution in [2.75, 3.05) is 6.61 Å². The van der Waals surface area contributed by atoms with Crippen LogP contribution in [-0.2, 0) is 11.8 Å². The Labute approximate surface area is 200 Å². The van der Waals surface area contributed by atoms with Gasteiger partial charge >= 0.3 is 0 Å². The van der Waals surface area contributed by atoms with E-state index in [1.807, 2.05) is 6.20 Å². The number of nitrogens with zero attached hydrogens (tertiary/aromatic N) is 4. The van der Waals surface area contributed by atoms with E-state index in [9.17, 15) is 18.0 Å². The maximum absolute atomic E-state index is 14.6. The van der Waals surface area contributed by atoms with E-state index in [1.165, 1.54) is 23.2 Å². The summed E-state index contributed by atoms with van der Waals surface area (Å²) in [4.78, 5) is 13.3. The van der Waals surface area contributed by atoms with E-state index in [0.717, 1.165) is 17.2 Å². The first-order chi connectivity index (χ1) is 16.8. The lowest BCUT2D eigenvalue weighted by atomic mass is 9.35. The minimum atomic E-state index is -0.679. The smallest absolute Gasteiger partial charge is 0.249 e. The molecule has 3 fully saturated rings. The van der Waals surface area contributed by atoms with Gasteiger partial charge in [0, 0.05) is 42.9 Å². The molecule has 1 aromatic heterocycles. The average molecular weight is 480 g/mol. The Morgan fingerprint density at radius 2 is 1.83 bits per heavy atom. The van der Waals surface area contributed by atoms with Gasteiger partial charge in [-0.15, -0.1) is 0 Å². The lowest BCUT2D eigenvalue weighted by Crippen LogP contribution is -2.69. The van der Waals surface area contributed by atoms with Crippen LogP contribution in [0.4, 0.5) is 13.2 Å². The number of aromatic nitrogens is 2. The van der Waals surface area contributed by atoms with E-state index in [1.54, 1.807) is 36.3 Å². The number of aryl methyl sites for hydroxylation is 1. The van der Waals surface area contributed by atoms with Gasteiger partial charge in [-0.25, -0.2) is 18.2 Å². The first-order valence-corrected chi connectivity index (χ1v) is 11.5. The Kier molecular flexibility index (Phi) is 4.81. The molecule has 4 aliphatic rings. The fourth-order valence-corrected chi connectivity index (χ4v) is 5.87. The number of carbonyl (C=O) groups is 1. The number of rotatable bonds is 6. The zero-order valence-corrected chi connectivity index (χ0v) is 19.0. The molecule has 0 spiro atoms. The van der Waals surface area contributed by atoms with Crippen molar-refractivity contribution in [1.82, 2.24) is 14.8 Å². The van der Waals surface area contributed by atoms with E-state index in [0.29, 0.717) is 37.9 Å². The third-order valence-electron chi connectivity index (χ3n) is 7.41. The van der Waals surface area contributed by atoms with Gasteiger partial charge in [-0.3, -0.25) is 9.48 Å². The fraction of sp³-hybridized carbons (Fsp3) is 0.346. The van der Waals surface area contributed by atoms with Gasteiger partial charge in [0.2, 0.25) is 5.91 Å². The molecule has 3 aromatic rings. The number of benzene rings is 2. The summed E-state index contributed by atoms with van der Waals surface area (Å²) in [6.45, 7) is 0.326. The Morgan fingerprint density at radius 3 is 2.49 bits per heavy atom. The van der Waals surface area contributed by atoms with Crippen LogP contribution in [0.3, 0.4) is 0 Å². The normalized spacial score (nSPS) is 26.4. The van der Waals surface area contributed by atoms with Crippen molar-refractivity contribution >= 4 is 12.1 Å². The van der Waals surface area contributed by atoms with Crippen LogP contribution in [0.5, 0.6) is 5.75 Å². The molecule has 0 N–H and O–H groups in total. The zero-order chi connectivity index (χ0) is 24.4. The highest BCUT2D eigenvalue weighted by Gasteiger charge is 2.73. The molecular formula is C26H23F3N4O2. The maximum atomic E-state index is 14.6. The van der Waals surface area contributed by atoms with Gasteiger partial charge in [0.1, 0.15) is 11.6 Å². The summed E-state index contributed by atoms with van der Waals surface area (Å²) in [5, 5.41) is 9.69. The maximum Gasteiger partial charge on any atom is 0.249 e. The zero-order valence-electron chi connectivity index (χ0n) is 19.0. The van der Waals surface area contributed by atoms with Crippen LogP contribution in [-0.4, -0.2) is 33.5 Å². The fourth-order valence-electron chi connectivity index (χ4n) is 5.87. The molecule has 1 unspecified atom stereocenters. The molecule has 1 amide bonds. The molecule has 180 valence electrons. The summed E-state index contributed by atoms with van der Waals surface area (Å²) in [6.07, 6.45) is 7.39. The monoisotopic (exact) mass is 480 g/mol. The summed E-state index contributed by atoms with van der Waals surface area (Å²) in [5.74, 6) is -1.75. The van der Waals surface area contributed by atoms with Gasteiger partial charge in [-0.1, -0.05) is 6.07 Å². The lowest BCUT2D eigenvalue weighted by molar-refractivity contribution is -0.227. The Morgan fingerprint density at radius 1 is 1.09 bits per heavy atom. The Bertz CT molecular complexity index is 1330. The molecule has 0 radical (unpaired) electrons. The summed E-state index contributed by atoms with van der Waals surface area (Å²) in [6, 6.07) is 7.63. The average Bonchev–Trinajstić information content (AvgIpc) is 3.41. The van der Waals surface area contributed by atoms with E-state index in [4.69, 9.17) is 4.74 Å². The molecule has 3 saturated carbocycles. The molecule has 7 rings (SSSR count). The van der Waals surface area contributed by atoms with Crippen molar-refractivity contribution in [3.63, 3.8) is 0 Å². The highest BCUT2D eigenvalue weighted by molar-refractivity contribution is 5.88. The lowest BCUT2D eigenvalue weighted by Gasteiger charge is -2.69. The number of hydrogen-bond acceptors (Lipinski definition) is 4. The summed E-state index contributed by atoms with van der Waals surface area (Å²) >= 11 is 0. The number of amides is 1. The number of carbonyl (C=O) groups excluding carboxylic acids is 1. The standard InChI is InChI=1S/C26H23F3N4O2/c1-32-11-18(10-31-32)16-2-3-23(21(29)8-16)35-15-25-12-26(13-25,14-25)24(34)33-22(4-5-30-33)17-6-19(27)9-20(28)7-17/h2-3,5-11,22H,4,12-15H2,1H3. The van der Waals surface area contributed by atoms with Crippen LogP contribution < -0.4 is 4.74 Å². The Balaban J connectivity index is 1.08. The van der Waals surface area contributed by atoms with Crippen molar-refractivity contribution < 1.29 is 22.7 Å². The topological polar surface area (TPSA) is 59.7 Å². The van der Waals surface area contributed by atoms with Gasteiger partial charge in [0.15, 0.2) is 11.6 Å². The second kappa shape index (κ2) is 7.69. The van der Waals surface area contributed by atoms with Gasteiger partial charge in [0.25, 0.3) is 0 Å². The molecule has 2 heterocycles. The number of ether oxygens (including phenoxy) is 1. The van der Waals surface area contributed by atoms with Gasteiger partial charge < -0.3 is 4.74 Å². The third-order valence-corrected chi connectivity index (χ3v) is 7.41. The highest BCUT2D eigenvalue weighted by atomic mass is 19.1. The first-order valence-electron chi connectivity index (χ1n) is 11.5. The molecule has 0 saturated heterocycles. The van der Waals surface area contributed by atoms with Gasteiger partial charge in [-0.2, -0.15) is 10.2 Å². The van der Waals surface area contributed by atoms with Crippen LogP contribution in [0.15, 0.2) is 53.9 Å². The number of hydrogen-bond donors (Lipinski definition) is 0. The van der Waals surface area contributed by atoms with Crippen LogP contribution in [0.2, 0.25) is 0 Å². The van der Waals surface area contributed by atoms with Crippen molar-refractivity contribution in [1.29, 1.82) is 0 Å². The van der Waals surface area contributed by atoms with E-state index >= 15 is 0 Å². The van der Waals surface area contributed by atoms with Crippen LogP contribution >= 0.6 is 0 Å². The molecule has 1 atom stereocenters. The van der Waals surface area contributed by atoms with Crippen molar-refractivity contribution in [3.05, 3.63) is 71.8 Å². The third kappa shape index (κ3) is 3.61. The SMILES string of the molecule is Cn1cc(-c2ccc(OCC34CC(C(=O)N5N=CCC5c5cc(F)cc(F)c5)(C3)C4)c(F)c2)cn1. The molecule has 35 heavy (non-hydrogen) atoms. The minimum Gasteiger partial charge on any atom is -0.490 e. The summed E-state index contributed by atoms with van der Waals surface area (Å²) in [5.41, 5.74) is 1.24. The number of hydrazone groups is 1. The highest BCUT2D eigenvalue weighted by Crippen LogP contribution is 2.74. The molecule has 6 nitrogen and oxygen atoms in total. The second-order valence-corrected chi connectivity index (χ2v) is 10.0. The van der Waals surface area contributed by atoms with Crippen molar-refractivity contribution in [2.45, 2.75) is 31.7 Å². The van der Waals surface area contributed by atoms with Crippen LogP contribution in [0, 0.1) is 28.3 Å². The van der Waals surface area contributed by atoms with E-state index in [-0.39, 0.29) is 17.1 Å². The van der Waals surface area contributed by atoms with Crippen LogP contribution in [0.1, 0.15) is 37.3 Å². The van der Waals surface area contributed by atoms with E-state index in [2.05, 4.69) is 10.2 Å². The first kappa shape index (κ1) is 21.9. The van der Waals surface area contributed by atoms with Gasteiger partial charge in [0.05, 0.1) is 24.3 Å². The minimum absolute atomic E-state index is 0.130. The molecule has 1 aliphatic heterocycles. The number of halogens is 3. The van der Waals surface area contributed by atoms with Crippen LogP contribution in [0.25, 0.3) is 11.1 Å².